The summed E-state index contributed by atoms with van der Waals surface area (Å²) in [5.74, 6) is -0.225. The molecule has 0 bridgehead atoms. The third-order valence-electron chi connectivity index (χ3n) is 4.73. The Morgan fingerprint density at radius 2 is 2.24 bits per heavy atom. The van der Waals surface area contributed by atoms with Crippen LogP contribution in [0.4, 0.5) is 0 Å². The van der Waals surface area contributed by atoms with Gasteiger partial charge in [0.15, 0.2) is 0 Å². The van der Waals surface area contributed by atoms with Crippen LogP contribution < -0.4 is 5.43 Å². The van der Waals surface area contributed by atoms with Crippen molar-refractivity contribution in [2.45, 2.75) is 25.3 Å². The third-order valence-corrected chi connectivity index (χ3v) is 4.73. The highest BCUT2D eigenvalue weighted by atomic mass is 16.2. The molecule has 2 aliphatic rings. The topological polar surface area (TPSA) is 86.3 Å². The van der Waals surface area contributed by atoms with Crippen molar-refractivity contribution >= 4 is 17.7 Å². The minimum atomic E-state index is -0.225. The fraction of sp³-hybridized carbons (Fsp3) is 0.333. The molecule has 128 valence electrons. The van der Waals surface area contributed by atoms with Crippen molar-refractivity contribution in [2.24, 2.45) is 5.10 Å². The monoisotopic (exact) mass is 336 g/mol. The van der Waals surface area contributed by atoms with Gasteiger partial charge in [0.05, 0.1) is 5.57 Å². The Kier molecular flexibility index (Phi) is 3.93. The SMILES string of the molecule is CN(C)C1CCCc2[nH]c(/C=C3\C(=O)NN=C3c3cccnn3)cc21. The molecular formula is C18H20N6O. The molecule has 1 unspecified atom stereocenters. The number of carbonyl (C=O) groups is 1. The third kappa shape index (κ3) is 2.87. The maximum Gasteiger partial charge on any atom is 0.273 e. The number of nitrogens with one attached hydrogen (secondary N) is 2. The van der Waals surface area contributed by atoms with E-state index in [2.05, 4.69) is 50.8 Å². The van der Waals surface area contributed by atoms with Gasteiger partial charge in [0.2, 0.25) is 0 Å². The summed E-state index contributed by atoms with van der Waals surface area (Å²) in [6, 6.07) is 6.13. The molecule has 0 radical (unpaired) electrons. The molecule has 2 aromatic heterocycles. The van der Waals surface area contributed by atoms with Crippen LogP contribution in [0.2, 0.25) is 0 Å². The molecule has 25 heavy (non-hydrogen) atoms. The predicted molar refractivity (Wildman–Crippen MR) is 94.8 cm³/mol. The summed E-state index contributed by atoms with van der Waals surface area (Å²) in [6.07, 6.45) is 6.80. The van der Waals surface area contributed by atoms with E-state index in [0.717, 1.165) is 18.5 Å². The fourth-order valence-electron chi connectivity index (χ4n) is 3.53. The van der Waals surface area contributed by atoms with E-state index in [-0.39, 0.29) is 5.91 Å². The minimum absolute atomic E-state index is 0.225. The zero-order valence-electron chi connectivity index (χ0n) is 14.3. The Bertz CT molecular complexity index is 865. The fourth-order valence-corrected chi connectivity index (χ4v) is 3.53. The van der Waals surface area contributed by atoms with Crippen LogP contribution >= 0.6 is 0 Å². The molecule has 0 fully saturated rings. The first kappa shape index (κ1) is 15.7. The lowest BCUT2D eigenvalue weighted by Crippen LogP contribution is -2.23. The Morgan fingerprint density at radius 1 is 1.36 bits per heavy atom. The average molecular weight is 336 g/mol. The number of fused-ring (bicyclic) bond motifs is 1. The van der Waals surface area contributed by atoms with Crippen molar-refractivity contribution in [1.82, 2.24) is 25.5 Å². The van der Waals surface area contributed by atoms with Gasteiger partial charge in [0.25, 0.3) is 5.91 Å². The highest BCUT2D eigenvalue weighted by Crippen LogP contribution is 2.34. The lowest BCUT2D eigenvalue weighted by Gasteiger charge is -2.28. The molecule has 2 N–H and O–H groups in total. The number of aromatic amines is 1. The first-order valence-corrected chi connectivity index (χ1v) is 8.40. The number of carbonyl (C=O) groups excluding carboxylic acids is 1. The molecule has 0 spiro atoms. The second kappa shape index (κ2) is 6.25. The Balaban J connectivity index is 1.71. The predicted octanol–water partition coefficient (Wildman–Crippen LogP) is 1.66. The van der Waals surface area contributed by atoms with Crippen LogP contribution in [-0.4, -0.2) is 45.8 Å². The van der Waals surface area contributed by atoms with Gasteiger partial charge < -0.3 is 9.88 Å². The maximum absolute atomic E-state index is 12.2. The van der Waals surface area contributed by atoms with Gasteiger partial charge in [0.1, 0.15) is 11.4 Å². The smallest absolute Gasteiger partial charge is 0.273 e. The van der Waals surface area contributed by atoms with Gasteiger partial charge in [-0.15, -0.1) is 5.10 Å². The number of nitrogens with zero attached hydrogens (tertiary/aromatic N) is 4. The number of rotatable bonds is 3. The number of hydrogen-bond donors (Lipinski definition) is 2. The zero-order valence-corrected chi connectivity index (χ0v) is 14.3. The van der Waals surface area contributed by atoms with Crippen molar-refractivity contribution in [1.29, 1.82) is 0 Å². The first-order valence-electron chi connectivity index (χ1n) is 8.40. The van der Waals surface area contributed by atoms with E-state index in [9.17, 15) is 4.79 Å². The van der Waals surface area contributed by atoms with E-state index in [4.69, 9.17) is 0 Å². The minimum Gasteiger partial charge on any atom is -0.359 e. The summed E-state index contributed by atoms with van der Waals surface area (Å²) in [5, 5.41) is 12.0. The van der Waals surface area contributed by atoms with Crippen LogP contribution in [0.15, 0.2) is 35.1 Å². The van der Waals surface area contributed by atoms with Crippen LogP contribution in [0.3, 0.4) is 0 Å². The molecule has 7 heteroatoms. The average Bonchev–Trinajstić information content (AvgIpc) is 3.19. The normalized spacial score (nSPS) is 21.4. The molecule has 7 nitrogen and oxygen atoms in total. The lowest BCUT2D eigenvalue weighted by atomic mass is 9.92. The first-order chi connectivity index (χ1) is 12.1. The van der Waals surface area contributed by atoms with Gasteiger partial charge in [-0.05, 0) is 63.2 Å². The summed E-state index contributed by atoms with van der Waals surface area (Å²) >= 11 is 0. The van der Waals surface area contributed by atoms with Gasteiger partial charge >= 0.3 is 0 Å². The summed E-state index contributed by atoms with van der Waals surface area (Å²) in [4.78, 5) is 17.9. The second-order valence-electron chi connectivity index (χ2n) is 6.60. The number of aryl methyl sites for hydroxylation is 1. The van der Waals surface area contributed by atoms with Crippen molar-refractivity contribution in [3.63, 3.8) is 0 Å². The number of aromatic nitrogens is 3. The maximum atomic E-state index is 12.2. The van der Waals surface area contributed by atoms with Gasteiger partial charge in [-0.1, -0.05) is 0 Å². The lowest BCUT2D eigenvalue weighted by molar-refractivity contribution is -0.116. The van der Waals surface area contributed by atoms with Crippen molar-refractivity contribution in [3.8, 4) is 0 Å². The molecule has 1 aliphatic heterocycles. The number of H-pyrrole nitrogens is 1. The molecule has 1 amide bonds. The van der Waals surface area contributed by atoms with E-state index in [1.807, 2.05) is 6.08 Å². The second-order valence-corrected chi connectivity index (χ2v) is 6.60. The highest BCUT2D eigenvalue weighted by molar-refractivity contribution is 6.32. The van der Waals surface area contributed by atoms with Crippen LogP contribution in [0.25, 0.3) is 6.08 Å². The van der Waals surface area contributed by atoms with E-state index in [1.165, 1.54) is 17.7 Å². The molecule has 0 saturated carbocycles. The quantitative estimate of drug-likeness (QED) is 0.835. The van der Waals surface area contributed by atoms with E-state index in [0.29, 0.717) is 23.0 Å². The van der Waals surface area contributed by atoms with Crippen molar-refractivity contribution in [3.05, 3.63) is 52.6 Å². The van der Waals surface area contributed by atoms with E-state index < -0.39 is 0 Å². The largest absolute Gasteiger partial charge is 0.359 e. The summed E-state index contributed by atoms with van der Waals surface area (Å²) in [7, 11) is 4.21. The van der Waals surface area contributed by atoms with Crippen LogP contribution in [0.5, 0.6) is 0 Å². The number of hydrazone groups is 1. The molecule has 1 aliphatic carbocycles. The molecule has 0 aromatic carbocycles. The standard InChI is InChI=1S/C18H20N6O/c1-24(2)16-7-3-5-14-12(16)9-11(20-14)10-13-17(22-23-18(13)25)15-6-4-8-19-21-15/h4,6,8-10,16,20H,3,5,7H2,1-2H3,(H,23,25)/b13-10-. The highest BCUT2D eigenvalue weighted by Gasteiger charge is 2.27. The van der Waals surface area contributed by atoms with E-state index in [1.54, 1.807) is 18.3 Å². The number of amides is 1. The summed E-state index contributed by atoms with van der Waals surface area (Å²) < 4.78 is 0. The summed E-state index contributed by atoms with van der Waals surface area (Å²) in [5.41, 5.74) is 7.62. The summed E-state index contributed by atoms with van der Waals surface area (Å²) in [6.45, 7) is 0. The Labute approximate surface area is 145 Å². The van der Waals surface area contributed by atoms with E-state index >= 15 is 0 Å². The Hall–Kier alpha value is -2.80. The van der Waals surface area contributed by atoms with Gasteiger partial charge in [-0.3, -0.25) is 4.79 Å². The molecule has 2 aromatic rings. The van der Waals surface area contributed by atoms with Crippen LogP contribution in [-0.2, 0) is 11.2 Å². The van der Waals surface area contributed by atoms with Crippen LogP contribution in [0, 0.1) is 0 Å². The number of hydrogen-bond acceptors (Lipinski definition) is 5. The molecule has 4 rings (SSSR count). The van der Waals surface area contributed by atoms with Crippen molar-refractivity contribution in [2.75, 3.05) is 14.1 Å². The molecular weight excluding hydrogens is 316 g/mol. The zero-order chi connectivity index (χ0) is 17.4. The van der Waals surface area contributed by atoms with Gasteiger partial charge in [0, 0.05) is 23.6 Å². The molecule has 3 heterocycles. The van der Waals surface area contributed by atoms with Crippen molar-refractivity contribution < 1.29 is 4.79 Å². The van der Waals surface area contributed by atoms with Gasteiger partial charge in [-0.25, -0.2) is 5.43 Å². The van der Waals surface area contributed by atoms with Gasteiger partial charge in [-0.2, -0.15) is 10.2 Å². The van der Waals surface area contributed by atoms with Crippen LogP contribution in [0.1, 0.15) is 41.5 Å². The molecule has 1 atom stereocenters. The Morgan fingerprint density at radius 3 is 3.00 bits per heavy atom. The molecule has 0 saturated heterocycles.